The Bertz CT molecular complexity index is 1710. The van der Waals surface area contributed by atoms with E-state index < -0.39 is 0 Å². The van der Waals surface area contributed by atoms with Crippen molar-refractivity contribution in [2.24, 2.45) is 0 Å². The van der Waals surface area contributed by atoms with Crippen molar-refractivity contribution in [3.8, 4) is 0 Å². The van der Waals surface area contributed by atoms with E-state index in [0.29, 0.717) is 43.4 Å². The van der Waals surface area contributed by atoms with Crippen LogP contribution >= 0.6 is 47.1 Å². The number of aromatic nitrogens is 1. The molecule has 206 valence electrons. The minimum atomic E-state index is -0.307. The predicted molar refractivity (Wildman–Crippen MR) is 167 cm³/mol. The second kappa shape index (κ2) is 11.2. The van der Waals surface area contributed by atoms with E-state index in [2.05, 4.69) is 47.6 Å². The Balaban J connectivity index is 1.45. The maximum absolute atomic E-state index is 13.5. The summed E-state index contributed by atoms with van der Waals surface area (Å²) in [5.41, 5.74) is 4.38. The summed E-state index contributed by atoms with van der Waals surface area (Å²) >= 11 is 9.52. The molecule has 2 atom stereocenters. The molecule has 1 saturated carbocycles. The number of benzene rings is 2. The summed E-state index contributed by atoms with van der Waals surface area (Å²) < 4.78 is 7.66. The van der Waals surface area contributed by atoms with Gasteiger partial charge >= 0.3 is 0 Å². The van der Waals surface area contributed by atoms with Gasteiger partial charge < -0.3 is 9.64 Å². The molecule has 2 fully saturated rings. The Kier molecular flexibility index (Phi) is 7.64. The molecule has 11 heteroatoms. The number of nitrogens with zero attached hydrogens (tertiary/aromatic N) is 3. The van der Waals surface area contributed by atoms with Gasteiger partial charge in [0.25, 0.3) is 17.9 Å². The maximum Gasteiger partial charge on any atom is 0.294 e. The standard InChI is InChI=1S/C29H27N3O4S4/c1-3-30-27(35)25(40-29(30)37)28-31(15-36-16-33)26(34)24(39-28)13-17-10-11-23-21(12-17)20-8-5-9-22(20)32(23)18-6-4-7-19(14-18)38-2/h4,6-7,10-14,16,20,22H,3,5,8-9,15H2,1-2H3/b24-13+,28-25+. The van der Waals surface area contributed by atoms with E-state index in [4.69, 9.17) is 17.0 Å². The molecule has 0 spiro atoms. The number of anilines is 2. The van der Waals surface area contributed by atoms with Crippen molar-refractivity contribution >= 4 is 86.1 Å². The number of fused-ring (bicyclic) bond motifs is 3. The Morgan fingerprint density at radius 2 is 2.02 bits per heavy atom. The van der Waals surface area contributed by atoms with Crippen LogP contribution in [0.1, 0.15) is 43.2 Å². The molecule has 3 aliphatic rings. The van der Waals surface area contributed by atoms with E-state index in [1.807, 2.05) is 19.1 Å². The molecular formula is C29H27N3O4S4. The zero-order valence-electron chi connectivity index (χ0n) is 22.0. The third-order valence-corrected chi connectivity index (χ3v) is 11.1. The number of ether oxygens (including phenoxy) is 1. The lowest BCUT2D eigenvalue weighted by molar-refractivity contribution is -0.132. The van der Waals surface area contributed by atoms with Gasteiger partial charge in [0, 0.05) is 34.8 Å². The van der Waals surface area contributed by atoms with Crippen LogP contribution in [0.3, 0.4) is 0 Å². The minimum absolute atomic E-state index is 0.236. The van der Waals surface area contributed by atoms with Crippen LogP contribution in [-0.4, -0.2) is 45.0 Å². The third-order valence-electron chi connectivity index (χ3n) is 7.69. The van der Waals surface area contributed by atoms with Crippen molar-refractivity contribution in [1.82, 2.24) is 9.47 Å². The summed E-state index contributed by atoms with van der Waals surface area (Å²) in [5, 5.41) is 0. The average molecular weight is 610 g/mol. The van der Waals surface area contributed by atoms with E-state index in [9.17, 15) is 14.4 Å². The summed E-state index contributed by atoms with van der Waals surface area (Å²) in [6.45, 7) is 2.33. The van der Waals surface area contributed by atoms with Crippen molar-refractivity contribution in [2.75, 3.05) is 17.7 Å². The molecule has 3 aromatic rings. The van der Waals surface area contributed by atoms with Crippen LogP contribution in [0.4, 0.5) is 11.4 Å². The molecule has 0 bridgehead atoms. The van der Waals surface area contributed by atoms with Crippen LogP contribution in [0.15, 0.2) is 52.2 Å². The van der Waals surface area contributed by atoms with Gasteiger partial charge in [0.05, 0.1) is 4.53 Å². The first-order chi connectivity index (χ1) is 19.4. The highest BCUT2D eigenvalue weighted by Gasteiger charge is 2.42. The molecule has 1 amide bonds. The fraction of sp³-hybridized carbons (Fsp3) is 0.310. The van der Waals surface area contributed by atoms with Crippen molar-refractivity contribution in [2.45, 2.75) is 49.8 Å². The van der Waals surface area contributed by atoms with Gasteiger partial charge in [0.2, 0.25) is 0 Å². The van der Waals surface area contributed by atoms with Gasteiger partial charge in [-0.2, -0.15) is 0 Å². The normalized spacial score (nSPS) is 21.8. The highest BCUT2D eigenvalue weighted by atomic mass is 32.2. The van der Waals surface area contributed by atoms with Crippen LogP contribution < -0.4 is 19.7 Å². The lowest BCUT2D eigenvalue weighted by Gasteiger charge is -2.27. The molecule has 2 aromatic carbocycles. The first-order valence-corrected chi connectivity index (χ1v) is 16.3. The summed E-state index contributed by atoms with van der Waals surface area (Å²) in [4.78, 5) is 43.1. The topological polar surface area (TPSA) is 71.8 Å². The van der Waals surface area contributed by atoms with Crippen molar-refractivity contribution in [3.05, 3.63) is 73.1 Å². The SMILES string of the molecule is CCN1C(=O)/C(=c2\s/c(=C/c3ccc4c(c3)C3CCCC3N4c3cccc(SC)c3)c(=O)n2COC=O)SC1=S. The first kappa shape index (κ1) is 27.3. The van der Waals surface area contributed by atoms with Crippen LogP contribution in [0, 0.1) is 0 Å². The number of hydrogen-bond donors (Lipinski definition) is 0. The van der Waals surface area contributed by atoms with E-state index in [1.165, 1.54) is 60.8 Å². The zero-order chi connectivity index (χ0) is 28.0. The quantitative estimate of drug-likeness (QED) is 0.222. The Hall–Kier alpha value is -2.86. The molecule has 2 aliphatic heterocycles. The van der Waals surface area contributed by atoms with E-state index >= 15 is 0 Å². The number of carbonyl (C=O) groups excluding carboxylic acids is 2. The average Bonchev–Trinajstić information content (AvgIpc) is 3.70. The number of amides is 1. The summed E-state index contributed by atoms with van der Waals surface area (Å²) in [6, 6.07) is 15.6. The molecule has 0 N–H and O–H groups in total. The third kappa shape index (κ3) is 4.62. The van der Waals surface area contributed by atoms with E-state index in [1.54, 1.807) is 11.8 Å². The van der Waals surface area contributed by atoms with Gasteiger partial charge in [-0.15, -0.1) is 23.1 Å². The van der Waals surface area contributed by atoms with Gasteiger partial charge in [-0.1, -0.05) is 42.5 Å². The number of hydrogen-bond acceptors (Lipinski definition) is 9. The number of thiocarbonyl (C=S) groups is 1. The Labute approximate surface area is 249 Å². The zero-order valence-corrected chi connectivity index (χ0v) is 25.3. The van der Waals surface area contributed by atoms with Gasteiger partial charge in [0.1, 0.15) is 13.9 Å². The summed E-state index contributed by atoms with van der Waals surface area (Å²) in [7, 11) is 0. The van der Waals surface area contributed by atoms with Crippen LogP contribution in [-0.2, 0) is 21.1 Å². The number of carbonyl (C=O) groups is 2. The Morgan fingerprint density at radius 1 is 1.18 bits per heavy atom. The number of rotatable bonds is 7. The van der Waals surface area contributed by atoms with Gasteiger partial charge in [-0.3, -0.25) is 23.9 Å². The van der Waals surface area contributed by atoms with Crippen LogP contribution in [0.25, 0.3) is 11.0 Å². The van der Waals surface area contributed by atoms with Crippen LogP contribution in [0.2, 0.25) is 0 Å². The molecule has 1 aromatic heterocycles. The maximum atomic E-state index is 13.5. The molecular weight excluding hydrogens is 583 g/mol. The lowest BCUT2D eigenvalue weighted by Crippen LogP contribution is -2.34. The largest absolute Gasteiger partial charge is 0.446 e. The molecule has 3 heterocycles. The molecule has 7 nitrogen and oxygen atoms in total. The van der Waals surface area contributed by atoms with E-state index in [-0.39, 0.29) is 18.2 Å². The van der Waals surface area contributed by atoms with E-state index in [0.717, 1.165) is 18.4 Å². The van der Waals surface area contributed by atoms with Crippen molar-refractivity contribution < 1.29 is 14.3 Å². The van der Waals surface area contributed by atoms with Gasteiger partial charge in [-0.05, 0) is 73.6 Å². The smallest absolute Gasteiger partial charge is 0.294 e. The molecule has 1 saturated heterocycles. The monoisotopic (exact) mass is 609 g/mol. The second-order valence-electron chi connectivity index (χ2n) is 9.78. The van der Waals surface area contributed by atoms with Gasteiger partial charge in [-0.25, -0.2) is 0 Å². The van der Waals surface area contributed by atoms with Crippen LogP contribution in [0.5, 0.6) is 0 Å². The van der Waals surface area contributed by atoms with Crippen molar-refractivity contribution in [1.29, 1.82) is 0 Å². The number of thioether (sulfide) groups is 2. The predicted octanol–water partition coefficient (Wildman–Crippen LogP) is 4.37. The fourth-order valence-corrected chi connectivity index (χ4v) is 9.01. The summed E-state index contributed by atoms with van der Waals surface area (Å²) in [5.74, 6) is 0.211. The Morgan fingerprint density at radius 3 is 2.77 bits per heavy atom. The molecule has 40 heavy (non-hydrogen) atoms. The molecule has 6 rings (SSSR count). The molecule has 1 aliphatic carbocycles. The first-order valence-electron chi connectivity index (χ1n) is 13.1. The molecule has 2 unspecified atom stereocenters. The summed E-state index contributed by atoms with van der Waals surface area (Å²) in [6.07, 6.45) is 7.46. The fourth-order valence-electron chi connectivity index (χ4n) is 5.92. The lowest BCUT2D eigenvalue weighted by atomic mass is 9.96. The van der Waals surface area contributed by atoms with Gasteiger partial charge in [0.15, 0.2) is 6.73 Å². The van der Waals surface area contributed by atoms with Crippen molar-refractivity contribution in [3.63, 3.8) is 0 Å². The highest BCUT2D eigenvalue weighted by Crippen LogP contribution is 2.52. The number of thiazole rings is 1. The minimum Gasteiger partial charge on any atom is -0.446 e. The highest BCUT2D eigenvalue weighted by molar-refractivity contribution is 8.30. The second-order valence-corrected chi connectivity index (χ2v) is 13.3. The molecule has 0 radical (unpaired) electrons.